The van der Waals surface area contributed by atoms with Gasteiger partial charge in [-0.05, 0) is 24.0 Å². The first-order valence-corrected chi connectivity index (χ1v) is 5.01. The van der Waals surface area contributed by atoms with Crippen molar-refractivity contribution >= 4 is 11.8 Å². The van der Waals surface area contributed by atoms with Crippen LogP contribution in [0.15, 0.2) is 23.1 Å². The Labute approximate surface area is 83.3 Å². The third-order valence-corrected chi connectivity index (χ3v) is 2.52. The zero-order chi connectivity index (χ0) is 10.8. The van der Waals surface area contributed by atoms with Crippen molar-refractivity contribution in [2.75, 3.05) is 6.26 Å². The molecule has 0 fully saturated rings. The van der Waals surface area contributed by atoms with E-state index in [1.807, 2.05) is 0 Å². The molecule has 0 unspecified atom stereocenters. The summed E-state index contributed by atoms with van der Waals surface area (Å²) in [6, 6.07) is 3.51. The molecule has 0 aromatic heterocycles. The number of rotatable bonds is 2. The lowest BCUT2D eigenvalue weighted by Gasteiger charge is -2.11. The average molecular weight is 224 g/mol. The number of alkyl halides is 4. The molecule has 0 radical (unpaired) electrons. The topological polar surface area (TPSA) is 0 Å². The van der Waals surface area contributed by atoms with Gasteiger partial charge in [0.25, 0.3) is 0 Å². The van der Waals surface area contributed by atoms with Crippen LogP contribution in [0, 0.1) is 0 Å². The quantitative estimate of drug-likeness (QED) is 0.542. The van der Waals surface area contributed by atoms with E-state index in [-0.39, 0.29) is 10.5 Å². The van der Waals surface area contributed by atoms with Crippen LogP contribution in [0.4, 0.5) is 17.6 Å². The minimum atomic E-state index is -4.41. The summed E-state index contributed by atoms with van der Waals surface area (Å²) in [5.41, 5.74) is -0.713. The third kappa shape index (κ3) is 2.41. The van der Waals surface area contributed by atoms with Crippen LogP contribution in [0.2, 0.25) is 0 Å². The molecule has 5 heteroatoms. The first-order chi connectivity index (χ1) is 6.49. The maximum Gasteiger partial charge on any atom is 0.417 e. The van der Waals surface area contributed by atoms with E-state index in [9.17, 15) is 17.6 Å². The Bertz CT molecular complexity index is 319. The molecular formula is C9H8F4S. The molecule has 1 aromatic rings. The van der Waals surface area contributed by atoms with Gasteiger partial charge in [-0.15, -0.1) is 11.8 Å². The minimum absolute atomic E-state index is 0.0510. The number of thioether (sulfide) groups is 1. The fraction of sp³-hybridized carbons (Fsp3) is 0.333. The van der Waals surface area contributed by atoms with Crippen LogP contribution >= 0.6 is 11.8 Å². The third-order valence-electron chi connectivity index (χ3n) is 1.72. The van der Waals surface area contributed by atoms with Gasteiger partial charge in [0, 0.05) is 4.90 Å². The molecule has 0 N–H and O–H groups in total. The summed E-state index contributed by atoms with van der Waals surface area (Å²) in [7, 11) is 0. The molecule has 0 aliphatic heterocycles. The number of hydrogen-bond donors (Lipinski definition) is 0. The lowest BCUT2D eigenvalue weighted by molar-refractivity contribution is -0.139. The molecule has 1 aromatic carbocycles. The van der Waals surface area contributed by atoms with Gasteiger partial charge in [0.05, 0.1) is 5.56 Å². The van der Waals surface area contributed by atoms with Crippen molar-refractivity contribution in [1.29, 1.82) is 0 Å². The highest BCUT2D eigenvalue weighted by Gasteiger charge is 2.33. The minimum Gasteiger partial charge on any atom is -0.246 e. The summed E-state index contributed by atoms with van der Waals surface area (Å²) >= 11 is 0.999. The molecule has 0 nitrogen and oxygen atoms in total. The van der Waals surface area contributed by atoms with Crippen molar-refractivity contribution < 1.29 is 17.6 Å². The molecule has 0 spiro atoms. The second kappa shape index (κ2) is 4.21. The van der Waals surface area contributed by atoms with Gasteiger partial charge in [0.2, 0.25) is 0 Å². The Balaban J connectivity index is 3.22. The van der Waals surface area contributed by atoms with Crippen molar-refractivity contribution in [3.05, 3.63) is 29.3 Å². The van der Waals surface area contributed by atoms with Crippen molar-refractivity contribution in [2.45, 2.75) is 17.7 Å². The van der Waals surface area contributed by atoms with Gasteiger partial charge < -0.3 is 0 Å². The van der Waals surface area contributed by atoms with Gasteiger partial charge in [-0.1, -0.05) is 6.07 Å². The Kier molecular flexibility index (Phi) is 3.42. The Morgan fingerprint density at radius 3 is 2.36 bits per heavy atom. The first kappa shape index (κ1) is 11.4. The van der Waals surface area contributed by atoms with E-state index in [0.717, 1.165) is 17.8 Å². The van der Waals surface area contributed by atoms with Gasteiger partial charge in [0.15, 0.2) is 0 Å². The fourth-order valence-electron chi connectivity index (χ4n) is 1.06. The van der Waals surface area contributed by atoms with Crippen molar-refractivity contribution in [3.8, 4) is 0 Å². The van der Waals surface area contributed by atoms with E-state index in [1.54, 1.807) is 6.26 Å². The van der Waals surface area contributed by atoms with Gasteiger partial charge in [0.1, 0.15) is 6.67 Å². The van der Waals surface area contributed by atoms with E-state index in [2.05, 4.69) is 0 Å². The highest BCUT2D eigenvalue weighted by molar-refractivity contribution is 7.98. The zero-order valence-electron chi connectivity index (χ0n) is 7.36. The number of hydrogen-bond acceptors (Lipinski definition) is 1. The molecule has 0 heterocycles. The summed E-state index contributed by atoms with van der Waals surface area (Å²) in [5, 5.41) is 0. The number of benzene rings is 1. The molecule has 0 bridgehead atoms. The van der Waals surface area contributed by atoms with E-state index in [4.69, 9.17) is 0 Å². The van der Waals surface area contributed by atoms with Crippen LogP contribution in [0.5, 0.6) is 0 Å². The van der Waals surface area contributed by atoms with Crippen molar-refractivity contribution in [3.63, 3.8) is 0 Å². The first-order valence-electron chi connectivity index (χ1n) is 3.79. The van der Waals surface area contributed by atoms with Crippen LogP contribution in [-0.2, 0) is 12.9 Å². The number of halogens is 4. The summed E-state index contributed by atoms with van der Waals surface area (Å²) in [5.74, 6) is 0. The van der Waals surface area contributed by atoms with Crippen LogP contribution < -0.4 is 0 Å². The monoisotopic (exact) mass is 224 g/mol. The molecule has 0 atom stereocenters. The second-order valence-electron chi connectivity index (χ2n) is 2.67. The summed E-state index contributed by atoms with van der Waals surface area (Å²) in [6.45, 7) is -0.877. The zero-order valence-corrected chi connectivity index (χ0v) is 8.18. The van der Waals surface area contributed by atoms with Gasteiger partial charge in [-0.25, -0.2) is 4.39 Å². The molecule has 0 aliphatic rings. The van der Waals surface area contributed by atoms with Gasteiger partial charge >= 0.3 is 6.18 Å². The molecule has 0 aliphatic carbocycles. The average Bonchev–Trinajstić information content (AvgIpc) is 2.15. The van der Waals surface area contributed by atoms with Crippen LogP contribution in [0.1, 0.15) is 11.1 Å². The largest absolute Gasteiger partial charge is 0.417 e. The molecule has 0 amide bonds. The second-order valence-corrected chi connectivity index (χ2v) is 3.51. The van der Waals surface area contributed by atoms with E-state index in [1.165, 1.54) is 12.1 Å². The van der Waals surface area contributed by atoms with Crippen LogP contribution in [-0.4, -0.2) is 6.26 Å². The highest BCUT2D eigenvalue weighted by Crippen LogP contribution is 2.36. The molecular weight excluding hydrogens is 216 g/mol. The maximum absolute atomic E-state index is 12.4. The predicted octanol–water partition coefficient (Wildman–Crippen LogP) is 3.90. The van der Waals surface area contributed by atoms with Crippen molar-refractivity contribution in [1.82, 2.24) is 0 Å². The molecule has 14 heavy (non-hydrogen) atoms. The standard InChI is InChI=1S/C9H8F4S/c1-14-8-3-2-6(5-10)4-7(8)9(11,12)13/h2-4H,5H2,1H3. The van der Waals surface area contributed by atoms with Crippen molar-refractivity contribution in [2.24, 2.45) is 0 Å². The summed E-state index contributed by atoms with van der Waals surface area (Å²) < 4.78 is 49.4. The van der Waals surface area contributed by atoms with Gasteiger partial charge in [-0.2, -0.15) is 13.2 Å². The Hall–Kier alpha value is -0.710. The Morgan fingerprint density at radius 1 is 1.29 bits per heavy atom. The maximum atomic E-state index is 12.4. The molecule has 0 saturated carbocycles. The molecule has 0 saturated heterocycles. The van der Waals surface area contributed by atoms with Crippen LogP contribution in [0.3, 0.4) is 0 Å². The van der Waals surface area contributed by atoms with E-state index in [0.29, 0.717) is 0 Å². The Morgan fingerprint density at radius 2 is 1.93 bits per heavy atom. The summed E-state index contributed by atoms with van der Waals surface area (Å²) in [6.07, 6.45) is -2.86. The molecule has 1 rings (SSSR count). The molecule has 78 valence electrons. The fourth-order valence-corrected chi connectivity index (χ4v) is 1.66. The van der Waals surface area contributed by atoms with Crippen LogP contribution in [0.25, 0.3) is 0 Å². The lowest BCUT2D eigenvalue weighted by atomic mass is 10.1. The highest BCUT2D eigenvalue weighted by atomic mass is 32.2. The lowest BCUT2D eigenvalue weighted by Crippen LogP contribution is -2.07. The van der Waals surface area contributed by atoms with Gasteiger partial charge in [-0.3, -0.25) is 0 Å². The van der Waals surface area contributed by atoms with E-state index >= 15 is 0 Å². The predicted molar refractivity (Wildman–Crippen MR) is 48.0 cm³/mol. The smallest absolute Gasteiger partial charge is 0.246 e. The van der Waals surface area contributed by atoms with E-state index < -0.39 is 18.4 Å². The normalized spacial score (nSPS) is 11.8. The SMILES string of the molecule is CSc1ccc(CF)cc1C(F)(F)F. The summed E-state index contributed by atoms with van der Waals surface area (Å²) in [4.78, 5) is 0.120.